The molecule has 0 saturated carbocycles. The number of hydrogen-bond acceptors (Lipinski definition) is 3. The van der Waals surface area contributed by atoms with Crippen molar-refractivity contribution < 1.29 is 14.6 Å². The molecule has 1 atom stereocenters. The van der Waals surface area contributed by atoms with Gasteiger partial charge in [0.2, 0.25) is 5.91 Å². The summed E-state index contributed by atoms with van der Waals surface area (Å²) in [6.07, 6.45) is 3.24. The van der Waals surface area contributed by atoms with Gasteiger partial charge >= 0.3 is 0 Å². The third-order valence-corrected chi connectivity index (χ3v) is 5.14. The van der Waals surface area contributed by atoms with Crippen LogP contribution in [0.15, 0.2) is 48.5 Å². The molecule has 0 spiro atoms. The van der Waals surface area contributed by atoms with Crippen LogP contribution in [0.3, 0.4) is 0 Å². The van der Waals surface area contributed by atoms with Gasteiger partial charge in [-0.25, -0.2) is 0 Å². The second-order valence-corrected chi connectivity index (χ2v) is 6.99. The minimum absolute atomic E-state index is 0.0755. The molecule has 1 aliphatic heterocycles. The van der Waals surface area contributed by atoms with Crippen LogP contribution in [0.5, 0.6) is 5.75 Å². The van der Waals surface area contributed by atoms with Gasteiger partial charge < -0.3 is 14.7 Å². The Morgan fingerprint density at radius 1 is 1.19 bits per heavy atom. The number of benzene rings is 2. The van der Waals surface area contributed by atoms with Gasteiger partial charge in [-0.3, -0.25) is 4.79 Å². The summed E-state index contributed by atoms with van der Waals surface area (Å²) in [6, 6.07) is 16.0. The van der Waals surface area contributed by atoms with Crippen molar-refractivity contribution in [1.82, 2.24) is 4.90 Å². The van der Waals surface area contributed by atoms with Crippen LogP contribution >= 0.6 is 0 Å². The largest absolute Gasteiger partial charge is 0.496 e. The van der Waals surface area contributed by atoms with Crippen LogP contribution in [-0.2, 0) is 24.2 Å². The molecule has 1 amide bonds. The number of para-hydroxylation sites is 1. The lowest BCUT2D eigenvalue weighted by Gasteiger charge is -2.17. The van der Waals surface area contributed by atoms with Crippen molar-refractivity contribution in [2.75, 3.05) is 20.2 Å². The molecular weight excluding hydrogens is 326 g/mol. The second kappa shape index (κ2) is 8.86. The Bertz CT molecular complexity index is 744. The number of nitrogens with zero attached hydrogens (tertiary/aromatic N) is 1. The highest BCUT2D eigenvalue weighted by Crippen LogP contribution is 2.24. The number of rotatable bonds is 7. The van der Waals surface area contributed by atoms with Gasteiger partial charge in [0.1, 0.15) is 5.75 Å². The number of likely N-dealkylation sites (tertiary alicyclic amines) is 1. The smallest absolute Gasteiger partial charge is 0.222 e. The highest BCUT2D eigenvalue weighted by Gasteiger charge is 2.26. The van der Waals surface area contributed by atoms with E-state index in [1.807, 2.05) is 41.3 Å². The minimum Gasteiger partial charge on any atom is -0.496 e. The zero-order valence-corrected chi connectivity index (χ0v) is 15.4. The molecule has 138 valence electrons. The average Bonchev–Trinajstić information content (AvgIpc) is 3.15. The maximum Gasteiger partial charge on any atom is 0.222 e. The Hall–Kier alpha value is -2.33. The van der Waals surface area contributed by atoms with Crippen molar-refractivity contribution in [2.45, 2.75) is 32.3 Å². The summed E-state index contributed by atoms with van der Waals surface area (Å²) in [7, 11) is 1.66. The normalized spacial score (nSPS) is 16.7. The number of carbonyl (C=O) groups is 1. The van der Waals surface area contributed by atoms with Crippen molar-refractivity contribution in [3.05, 3.63) is 65.2 Å². The molecule has 0 radical (unpaired) electrons. The molecule has 26 heavy (non-hydrogen) atoms. The molecule has 2 aromatic carbocycles. The van der Waals surface area contributed by atoms with Gasteiger partial charge in [-0.1, -0.05) is 42.5 Å². The molecular formula is C22H27NO3. The average molecular weight is 353 g/mol. The molecule has 0 aliphatic carbocycles. The van der Waals surface area contributed by atoms with Crippen LogP contribution in [0, 0.1) is 5.92 Å². The fourth-order valence-electron chi connectivity index (χ4n) is 3.72. The molecule has 2 aromatic rings. The lowest BCUT2D eigenvalue weighted by Crippen LogP contribution is -2.29. The lowest BCUT2D eigenvalue weighted by atomic mass is 9.97. The monoisotopic (exact) mass is 353 g/mol. The molecule has 3 rings (SSSR count). The first-order valence-corrected chi connectivity index (χ1v) is 9.28. The van der Waals surface area contributed by atoms with E-state index in [1.54, 1.807) is 7.11 Å². The minimum atomic E-state index is 0.0755. The van der Waals surface area contributed by atoms with Crippen molar-refractivity contribution in [3.8, 4) is 5.75 Å². The van der Waals surface area contributed by atoms with Crippen molar-refractivity contribution in [1.29, 1.82) is 0 Å². The first kappa shape index (κ1) is 18.5. The molecule has 1 N–H and O–H groups in total. The summed E-state index contributed by atoms with van der Waals surface area (Å²) in [4.78, 5) is 14.6. The first-order valence-electron chi connectivity index (χ1n) is 9.28. The fourth-order valence-corrected chi connectivity index (χ4v) is 3.72. The van der Waals surface area contributed by atoms with Gasteiger partial charge in [0.25, 0.3) is 0 Å². The molecule has 4 nitrogen and oxygen atoms in total. The van der Waals surface area contributed by atoms with Gasteiger partial charge in [0, 0.05) is 19.5 Å². The number of methoxy groups -OCH3 is 1. The number of aliphatic hydroxyl groups is 1. The fraction of sp³-hybridized carbons (Fsp3) is 0.409. The standard InChI is InChI=1S/C22H27NO3/c1-26-21-8-3-2-7-20(21)9-10-22(25)23-12-11-18(15-23)13-17-5-4-6-19(14-17)16-24/h2-8,14,18,24H,9-13,15-16H2,1H3/t18-/m1/s1. The van der Waals surface area contributed by atoms with E-state index in [0.717, 1.165) is 42.8 Å². The van der Waals surface area contributed by atoms with Crippen molar-refractivity contribution in [2.24, 2.45) is 5.92 Å². The summed E-state index contributed by atoms with van der Waals surface area (Å²) in [5, 5.41) is 9.27. The number of aryl methyl sites for hydroxylation is 1. The zero-order chi connectivity index (χ0) is 18.4. The molecule has 1 aliphatic rings. The Balaban J connectivity index is 1.50. The van der Waals surface area contributed by atoms with Gasteiger partial charge in [0.15, 0.2) is 0 Å². The Morgan fingerprint density at radius 2 is 2.00 bits per heavy atom. The van der Waals surface area contributed by atoms with Crippen molar-refractivity contribution in [3.63, 3.8) is 0 Å². The quantitative estimate of drug-likeness (QED) is 0.831. The van der Waals surface area contributed by atoms with E-state index in [2.05, 4.69) is 12.1 Å². The van der Waals surface area contributed by atoms with Gasteiger partial charge in [-0.15, -0.1) is 0 Å². The topological polar surface area (TPSA) is 49.8 Å². The highest BCUT2D eigenvalue weighted by molar-refractivity contribution is 5.76. The summed E-state index contributed by atoms with van der Waals surface area (Å²) < 4.78 is 5.36. The summed E-state index contributed by atoms with van der Waals surface area (Å²) in [5.41, 5.74) is 3.27. The maximum atomic E-state index is 12.6. The molecule has 0 unspecified atom stereocenters. The molecule has 0 aromatic heterocycles. The van der Waals surface area contributed by atoms with E-state index < -0.39 is 0 Å². The van der Waals surface area contributed by atoms with E-state index >= 15 is 0 Å². The molecule has 1 fully saturated rings. The van der Waals surface area contributed by atoms with E-state index in [1.165, 1.54) is 5.56 Å². The van der Waals surface area contributed by atoms with Crippen LogP contribution in [-0.4, -0.2) is 36.1 Å². The Labute approximate surface area is 155 Å². The molecule has 1 heterocycles. The molecule has 1 saturated heterocycles. The zero-order valence-electron chi connectivity index (χ0n) is 15.4. The van der Waals surface area contributed by atoms with E-state index in [0.29, 0.717) is 18.8 Å². The third-order valence-electron chi connectivity index (χ3n) is 5.14. The van der Waals surface area contributed by atoms with Crippen LogP contribution in [0.2, 0.25) is 0 Å². The maximum absolute atomic E-state index is 12.6. The highest BCUT2D eigenvalue weighted by atomic mass is 16.5. The Kier molecular flexibility index (Phi) is 6.29. The van der Waals surface area contributed by atoms with Crippen LogP contribution in [0.4, 0.5) is 0 Å². The third kappa shape index (κ3) is 4.64. The molecule has 0 bridgehead atoms. The predicted octanol–water partition coefficient (Wildman–Crippen LogP) is 3.21. The second-order valence-electron chi connectivity index (χ2n) is 6.99. The number of hydrogen-bond donors (Lipinski definition) is 1. The SMILES string of the molecule is COc1ccccc1CCC(=O)N1CC[C@H](Cc2cccc(CO)c2)C1. The van der Waals surface area contributed by atoms with Crippen LogP contribution < -0.4 is 4.74 Å². The molecule has 4 heteroatoms. The van der Waals surface area contributed by atoms with Crippen molar-refractivity contribution >= 4 is 5.91 Å². The van der Waals surface area contributed by atoms with E-state index in [9.17, 15) is 9.90 Å². The van der Waals surface area contributed by atoms with Crippen LogP contribution in [0.1, 0.15) is 29.5 Å². The summed E-state index contributed by atoms with van der Waals surface area (Å²) in [5.74, 6) is 1.57. The van der Waals surface area contributed by atoms with Gasteiger partial charge in [-0.05, 0) is 47.9 Å². The number of amides is 1. The first-order chi connectivity index (χ1) is 12.7. The van der Waals surface area contributed by atoms with Crippen LogP contribution in [0.25, 0.3) is 0 Å². The number of ether oxygens (including phenoxy) is 1. The van der Waals surface area contributed by atoms with Gasteiger partial charge in [-0.2, -0.15) is 0 Å². The lowest BCUT2D eigenvalue weighted by molar-refractivity contribution is -0.130. The number of carbonyl (C=O) groups excluding carboxylic acids is 1. The van der Waals surface area contributed by atoms with E-state index in [4.69, 9.17) is 4.74 Å². The summed E-state index contributed by atoms with van der Waals surface area (Å²) in [6.45, 7) is 1.75. The summed E-state index contributed by atoms with van der Waals surface area (Å²) >= 11 is 0. The van der Waals surface area contributed by atoms with Gasteiger partial charge in [0.05, 0.1) is 13.7 Å². The Morgan fingerprint density at radius 3 is 2.81 bits per heavy atom. The number of aliphatic hydroxyl groups excluding tert-OH is 1. The van der Waals surface area contributed by atoms with E-state index in [-0.39, 0.29) is 12.5 Å². The predicted molar refractivity (Wildman–Crippen MR) is 102 cm³/mol.